The van der Waals surface area contributed by atoms with Crippen molar-refractivity contribution in [2.24, 2.45) is 11.7 Å². The molecule has 1 atom stereocenters. The third-order valence-electron chi connectivity index (χ3n) is 3.97. The van der Waals surface area contributed by atoms with Crippen LogP contribution in [0.4, 0.5) is 5.69 Å². The predicted molar refractivity (Wildman–Crippen MR) is 84.0 cm³/mol. The van der Waals surface area contributed by atoms with E-state index in [-0.39, 0.29) is 6.04 Å². The summed E-state index contributed by atoms with van der Waals surface area (Å²) >= 11 is 6.40. The van der Waals surface area contributed by atoms with Crippen LogP contribution in [-0.4, -0.2) is 19.1 Å². The first kappa shape index (κ1) is 14.7. The first-order chi connectivity index (χ1) is 9.13. The van der Waals surface area contributed by atoms with Gasteiger partial charge in [-0.3, -0.25) is 0 Å². The second kappa shape index (κ2) is 6.62. The van der Waals surface area contributed by atoms with Gasteiger partial charge in [-0.15, -0.1) is 0 Å². The van der Waals surface area contributed by atoms with Crippen LogP contribution in [0.5, 0.6) is 0 Å². The Balaban J connectivity index is 2.07. The van der Waals surface area contributed by atoms with Gasteiger partial charge in [0, 0.05) is 29.8 Å². The number of anilines is 1. The Kier molecular flexibility index (Phi) is 5.12. The van der Waals surface area contributed by atoms with Crippen LogP contribution < -0.4 is 10.6 Å². The van der Waals surface area contributed by atoms with Gasteiger partial charge in [0.1, 0.15) is 0 Å². The van der Waals surface area contributed by atoms with E-state index in [1.165, 1.54) is 30.6 Å². The minimum Gasteiger partial charge on any atom is -0.371 e. The number of hydrogen-bond acceptors (Lipinski definition) is 2. The molecule has 0 amide bonds. The van der Waals surface area contributed by atoms with Gasteiger partial charge in [-0.05, 0) is 56.2 Å². The summed E-state index contributed by atoms with van der Waals surface area (Å²) in [5.41, 5.74) is 8.42. The summed E-state index contributed by atoms with van der Waals surface area (Å²) in [7, 11) is 0. The van der Waals surface area contributed by atoms with Crippen LogP contribution in [0.25, 0.3) is 0 Å². The molecular formula is C16H25ClN2. The van der Waals surface area contributed by atoms with Crippen molar-refractivity contribution < 1.29 is 0 Å². The van der Waals surface area contributed by atoms with Crippen molar-refractivity contribution in [2.45, 2.75) is 45.6 Å². The third kappa shape index (κ3) is 4.12. The lowest BCUT2D eigenvalue weighted by Crippen LogP contribution is -2.25. The van der Waals surface area contributed by atoms with E-state index in [2.05, 4.69) is 36.9 Å². The zero-order chi connectivity index (χ0) is 13.8. The summed E-state index contributed by atoms with van der Waals surface area (Å²) in [4.78, 5) is 2.42. The summed E-state index contributed by atoms with van der Waals surface area (Å²) in [5, 5.41) is 0.857. The van der Waals surface area contributed by atoms with Crippen molar-refractivity contribution in [3.8, 4) is 0 Å². The van der Waals surface area contributed by atoms with E-state index in [1.807, 2.05) is 0 Å². The molecule has 1 aromatic carbocycles. The lowest BCUT2D eigenvalue weighted by Gasteiger charge is -2.24. The minimum atomic E-state index is 0.206. The molecule has 1 aromatic rings. The van der Waals surface area contributed by atoms with Crippen LogP contribution in [0.3, 0.4) is 0 Å². The number of rotatable bonds is 7. The number of nitrogens with zero attached hydrogens (tertiary/aromatic N) is 1. The molecule has 19 heavy (non-hydrogen) atoms. The number of hydrogen-bond donors (Lipinski definition) is 1. The molecule has 0 heterocycles. The summed E-state index contributed by atoms with van der Waals surface area (Å²) in [6, 6.07) is 6.64. The van der Waals surface area contributed by atoms with E-state index >= 15 is 0 Å². The first-order valence-electron chi connectivity index (χ1n) is 7.43. The van der Waals surface area contributed by atoms with Crippen molar-refractivity contribution in [2.75, 3.05) is 18.0 Å². The van der Waals surface area contributed by atoms with Gasteiger partial charge in [0.15, 0.2) is 0 Å². The van der Waals surface area contributed by atoms with Crippen LogP contribution >= 0.6 is 11.6 Å². The Morgan fingerprint density at radius 3 is 2.63 bits per heavy atom. The van der Waals surface area contributed by atoms with Crippen molar-refractivity contribution in [1.82, 2.24) is 0 Å². The molecule has 1 unspecified atom stereocenters. The maximum atomic E-state index is 6.40. The summed E-state index contributed by atoms with van der Waals surface area (Å²) in [6.07, 6.45) is 4.62. The van der Waals surface area contributed by atoms with E-state index in [1.54, 1.807) is 0 Å². The average molecular weight is 281 g/mol. The van der Waals surface area contributed by atoms with Crippen LogP contribution in [0, 0.1) is 5.92 Å². The van der Waals surface area contributed by atoms with Gasteiger partial charge in [-0.25, -0.2) is 0 Å². The van der Waals surface area contributed by atoms with Crippen LogP contribution in [0.15, 0.2) is 18.2 Å². The molecule has 1 aliphatic rings. The summed E-state index contributed by atoms with van der Waals surface area (Å²) in [6.45, 7) is 6.53. The van der Waals surface area contributed by atoms with E-state index in [4.69, 9.17) is 17.3 Å². The average Bonchev–Trinajstić information content (AvgIpc) is 3.22. The highest BCUT2D eigenvalue weighted by molar-refractivity contribution is 6.31. The Hall–Kier alpha value is -0.730. The molecular weight excluding hydrogens is 256 g/mol. The highest BCUT2D eigenvalue weighted by Gasteiger charge is 2.24. The SMILES string of the molecule is CCC(N)Cc1ccc(N(CC)CC2CC2)cc1Cl. The third-order valence-corrected chi connectivity index (χ3v) is 4.32. The molecule has 3 heteroatoms. The van der Waals surface area contributed by atoms with Crippen molar-refractivity contribution in [1.29, 1.82) is 0 Å². The number of halogens is 1. The van der Waals surface area contributed by atoms with Crippen molar-refractivity contribution in [3.05, 3.63) is 28.8 Å². The van der Waals surface area contributed by atoms with E-state index in [0.717, 1.165) is 30.3 Å². The summed E-state index contributed by atoms with van der Waals surface area (Å²) < 4.78 is 0. The van der Waals surface area contributed by atoms with Gasteiger partial charge in [0.25, 0.3) is 0 Å². The van der Waals surface area contributed by atoms with Crippen molar-refractivity contribution >= 4 is 17.3 Å². The topological polar surface area (TPSA) is 29.3 Å². The smallest absolute Gasteiger partial charge is 0.0459 e. The quantitative estimate of drug-likeness (QED) is 0.822. The highest BCUT2D eigenvalue weighted by atomic mass is 35.5. The fourth-order valence-corrected chi connectivity index (χ4v) is 2.61. The molecule has 1 aliphatic carbocycles. The molecule has 2 nitrogen and oxygen atoms in total. The Bertz CT molecular complexity index is 415. The van der Waals surface area contributed by atoms with Gasteiger partial charge in [0.2, 0.25) is 0 Å². The zero-order valence-corrected chi connectivity index (χ0v) is 12.8. The second-order valence-electron chi connectivity index (χ2n) is 5.63. The fourth-order valence-electron chi connectivity index (χ4n) is 2.35. The predicted octanol–water partition coefficient (Wildman–Crippen LogP) is 3.86. The molecule has 0 aromatic heterocycles. The van der Waals surface area contributed by atoms with Crippen LogP contribution in [0.1, 0.15) is 38.7 Å². The Morgan fingerprint density at radius 2 is 2.11 bits per heavy atom. The van der Waals surface area contributed by atoms with E-state index < -0.39 is 0 Å². The number of benzene rings is 1. The molecule has 2 N–H and O–H groups in total. The molecule has 0 radical (unpaired) electrons. The van der Waals surface area contributed by atoms with Gasteiger partial charge < -0.3 is 10.6 Å². The normalized spacial score (nSPS) is 16.4. The molecule has 0 saturated heterocycles. The van der Waals surface area contributed by atoms with Crippen LogP contribution in [-0.2, 0) is 6.42 Å². The Labute approximate surface area is 121 Å². The summed E-state index contributed by atoms with van der Waals surface area (Å²) in [5.74, 6) is 0.895. The monoisotopic (exact) mass is 280 g/mol. The number of nitrogens with two attached hydrogens (primary N) is 1. The highest BCUT2D eigenvalue weighted by Crippen LogP contribution is 2.32. The fraction of sp³-hybridized carbons (Fsp3) is 0.625. The van der Waals surface area contributed by atoms with Gasteiger partial charge in [0.05, 0.1) is 0 Å². The first-order valence-corrected chi connectivity index (χ1v) is 7.80. The van der Waals surface area contributed by atoms with Crippen molar-refractivity contribution in [3.63, 3.8) is 0 Å². The maximum absolute atomic E-state index is 6.40. The molecule has 1 fully saturated rings. The standard InChI is InChI=1S/C16H25ClN2/c1-3-14(18)9-13-7-8-15(10-16(13)17)19(4-2)11-12-5-6-12/h7-8,10,12,14H,3-6,9,11,18H2,1-2H3. The molecule has 0 aliphatic heterocycles. The second-order valence-corrected chi connectivity index (χ2v) is 6.04. The lowest BCUT2D eigenvalue weighted by atomic mass is 10.0. The van der Waals surface area contributed by atoms with Gasteiger partial charge in [-0.1, -0.05) is 24.6 Å². The molecule has 2 rings (SSSR count). The Morgan fingerprint density at radius 1 is 1.37 bits per heavy atom. The largest absolute Gasteiger partial charge is 0.371 e. The van der Waals surface area contributed by atoms with Gasteiger partial charge in [-0.2, -0.15) is 0 Å². The van der Waals surface area contributed by atoms with E-state index in [0.29, 0.717) is 0 Å². The minimum absolute atomic E-state index is 0.206. The molecule has 0 bridgehead atoms. The molecule has 1 saturated carbocycles. The van der Waals surface area contributed by atoms with Crippen LogP contribution in [0.2, 0.25) is 5.02 Å². The molecule has 106 valence electrons. The van der Waals surface area contributed by atoms with E-state index in [9.17, 15) is 0 Å². The van der Waals surface area contributed by atoms with Gasteiger partial charge >= 0.3 is 0 Å². The molecule has 0 spiro atoms. The lowest BCUT2D eigenvalue weighted by molar-refractivity contribution is 0.646. The maximum Gasteiger partial charge on any atom is 0.0459 e. The zero-order valence-electron chi connectivity index (χ0n) is 12.0.